The number of carbonyl (C=O) groups excluding carboxylic acids is 2. The highest BCUT2D eigenvalue weighted by Crippen LogP contribution is 2.29. The van der Waals surface area contributed by atoms with E-state index in [1.54, 1.807) is 4.90 Å². The minimum Gasteiger partial charge on any atom is -0.481 e. The number of carbonyl (C=O) groups is 3. The van der Waals surface area contributed by atoms with Crippen molar-refractivity contribution in [2.24, 2.45) is 17.4 Å². The molecule has 162 valence electrons. The normalized spacial score (nSPS) is 18.8. The second-order valence-electron chi connectivity index (χ2n) is 8.06. The van der Waals surface area contributed by atoms with E-state index >= 15 is 0 Å². The molecule has 7 nitrogen and oxygen atoms in total. The minimum absolute atomic E-state index is 0.0615. The maximum atomic E-state index is 12.7. The number of carboxylic acid groups (broad SMARTS) is 1. The van der Waals surface area contributed by atoms with E-state index in [2.05, 4.69) is 6.92 Å². The molecule has 1 heterocycles. The standard InChI is InChI=1S/C21H39N3O4/c1-2-3-4-5-6-7-8-9-11-16(21(27)28)18-12-10-15-24(18)20(26)17(22)13-14-19(23)25/h16-18H,2-15,22H2,1H3,(H2,23,25)(H,27,28)/t16?,17-,18?/m0/s1. The largest absolute Gasteiger partial charge is 0.481 e. The second kappa shape index (κ2) is 13.5. The number of amides is 2. The minimum atomic E-state index is -0.835. The van der Waals surface area contributed by atoms with Gasteiger partial charge in [0.1, 0.15) is 0 Å². The Morgan fingerprint density at radius 2 is 1.64 bits per heavy atom. The Hall–Kier alpha value is -1.63. The number of unbranched alkanes of at least 4 members (excludes halogenated alkanes) is 7. The van der Waals surface area contributed by atoms with Gasteiger partial charge in [0.2, 0.25) is 11.8 Å². The molecule has 5 N–H and O–H groups in total. The van der Waals surface area contributed by atoms with Gasteiger partial charge in [-0.05, 0) is 25.7 Å². The number of aliphatic carboxylic acids is 1. The van der Waals surface area contributed by atoms with Gasteiger partial charge in [-0.25, -0.2) is 0 Å². The molecule has 0 aromatic carbocycles. The molecule has 0 aromatic rings. The Kier molecular flexibility index (Phi) is 11.8. The third-order valence-corrected chi connectivity index (χ3v) is 5.75. The van der Waals surface area contributed by atoms with Crippen LogP contribution in [0.2, 0.25) is 0 Å². The number of nitrogens with zero attached hydrogens (tertiary/aromatic N) is 1. The molecule has 2 amide bonds. The van der Waals surface area contributed by atoms with Crippen LogP contribution >= 0.6 is 0 Å². The van der Waals surface area contributed by atoms with Gasteiger partial charge in [0, 0.05) is 19.0 Å². The van der Waals surface area contributed by atoms with Crippen molar-refractivity contribution < 1.29 is 19.5 Å². The third kappa shape index (κ3) is 8.59. The molecule has 0 saturated carbocycles. The lowest BCUT2D eigenvalue weighted by atomic mass is 9.91. The van der Waals surface area contributed by atoms with E-state index in [1.165, 1.54) is 32.1 Å². The van der Waals surface area contributed by atoms with Crippen molar-refractivity contribution >= 4 is 17.8 Å². The predicted molar refractivity (Wildman–Crippen MR) is 109 cm³/mol. The molecule has 1 rings (SSSR count). The summed E-state index contributed by atoms with van der Waals surface area (Å²) in [6, 6.07) is -1.10. The van der Waals surface area contributed by atoms with Gasteiger partial charge in [-0.15, -0.1) is 0 Å². The molecule has 0 aliphatic carbocycles. The maximum Gasteiger partial charge on any atom is 0.308 e. The molecular formula is C21H39N3O4. The summed E-state index contributed by atoms with van der Waals surface area (Å²) in [4.78, 5) is 37.1. The zero-order valence-electron chi connectivity index (χ0n) is 17.4. The van der Waals surface area contributed by atoms with Crippen molar-refractivity contribution in [3.05, 3.63) is 0 Å². The molecule has 1 fully saturated rings. The SMILES string of the molecule is CCCCCCCCCCC(C(=O)O)C1CCCN1C(=O)[C@@H](N)CCC(N)=O. The third-order valence-electron chi connectivity index (χ3n) is 5.75. The lowest BCUT2D eigenvalue weighted by molar-refractivity contribution is -0.146. The second-order valence-corrected chi connectivity index (χ2v) is 8.06. The van der Waals surface area contributed by atoms with Crippen LogP contribution in [0.15, 0.2) is 0 Å². The number of carboxylic acids is 1. The monoisotopic (exact) mass is 397 g/mol. The van der Waals surface area contributed by atoms with Crippen molar-refractivity contribution in [3.8, 4) is 0 Å². The Morgan fingerprint density at radius 1 is 1.04 bits per heavy atom. The quantitative estimate of drug-likeness (QED) is 0.366. The average Bonchev–Trinajstić information content (AvgIpc) is 3.13. The summed E-state index contributed by atoms with van der Waals surface area (Å²) in [5.74, 6) is -2.13. The van der Waals surface area contributed by atoms with Gasteiger partial charge in [-0.2, -0.15) is 0 Å². The molecule has 1 aliphatic rings. The Balaban J connectivity index is 2.48. The maximum absolute atomic E-state index is 12.7. The predicted octanol–water partition coefficient (Wildman–Crippen LogP) is 2.80. The fraction of sp³-hybridized carbons (Fsp3) is 0.857. The van der Waals surface area contributed by atoms with Gasteiger partial charge in [-0.1, -0.05) is 58.3 Å². The summed E-state index contributed by atoms with van der Waals surface area (Å²) in [6.07, 6.45) is 11.7. The highest BCUT2D eigenvalue weighted by molar-refractivity contribution is 5.84. The van der Waals surface area contributed by atoms with E-state index in [9.17, 15) is 19.5 Å². The van der Waals surface area contributed by atoms with Gasteiger partial charge < -0.3 is 21.5 Å². The van der Waals surface area contributed by atoms with Crippen LogP contribution in [0, 0.1) is 5.92 Å². The number of nitrogens with two attached hydrogens (primary N) is 2. The van der Waals surface area contributed by atoms with Crippen molar-refractivity contribution in [2.45, 2.75) is 102 Å². The van der Waals surface area contributed by atoms with Crippen LogP contribution in [0.5, 0.6) is 0 Å². The van der Waals surface area contributed by atoms with Crippen LogP contribution in [-0.4, -0.2) is 46.4 Å². The first kappa shape index (κ1) is 24.4. The summed E-state index contributed by atoms with van der Waals surface area (Å²) < 4.78 is 0. The number of primary amides is 1. The summed E-state index contributed by atoms with van der Waals surface area (Å²) in [7, 11) is 0. The first-order valence-corrected chi connectivity index (χ1v) is 11.0. The molecule has 7 heteroatoms. The molecule has 0 radical (unpaired) electrons. The summed E-state index contributed by atoms with van der Waals surface area (Å²) in [5, 5.41) is 9.72. The fourth-order valence-electron chi connectivity index (χ4n) is 4.10. The van der Waals surface area contributed by atoms with Gasteiger partial charge >= 0.3 is 5.97 Å². The highest BCUT2D eigenvalue weighted by atomic mass is 16.4. The average molecular weight is 398 g/mol. The Morgan fingerprint density at radius 3 is 2.21 bits per heavy atom. The molecule has 28 heavy (non-hydrogen) atoms. The van der Waals surface area contributed by atoms with E-state index < -0.39 is 23.8 Å². The molecule has 0 bridgehead atoms. The summed E-state index contributed by atoms with van der Waals surface area (Å²) >= 11 is 0. The lowest BCUT2D eigenvalue weighted by Crippen LogP contribution is -2.49. The number of rotatable bonds is 15. The zero-order valence-corrected chi connectivity index (χ0v) is 17.4. The van der Waals surface area contributed by atoms with Crippen LogP contribution in [0.1, 0.15) is 90.4 Å². The first-order valence-electron chi connectivity index (χ1n) is 11.0. The smallest absolute Gasteiger partial charge is 0.308 e. The molecule has 0 spiro atoms. The summed E-state index contributed by atoms with van der Waals surface area (Å²) in [5.41, 5.74) is 11.1. The van der Waals surface area contributed by atoms with E-state index in [0.717, 1.165) is 25.7 Å². The van der Waals surface area contributed by atoms with Gasteiger partial charge in [0.25, 0.3) is 0 Å². The van der Waals surface area contributed by atoms with Crippen molar-refractivity contribution in [3.63, 3.8) is 0 Å². The highest BCUT2D eigenvalue weighted by Gasteiger charge is 2.39. The first-order chi connectivity index (χ1) is 13.4. The van der Waals surface area contributed by atoms with Gasteiger partial charge in [0.05, 0.1) is 12.0 Å². The molecule has 0 aromatic heterocycles. The Labute approximate surface area is 169 Å². The van der Waals surface area contributed by atoms with Gasteiger partial charge in [0.15, 0.2) is 0 Å². The van der Waals surface area contributed by atoms with Crippen LogP contribution in [0.4, 0.5) is 0 Å². The fourth-order valence-corrected chi connectivity index (χ4v) is 4.10. The zero-order chi connectivity index (χ0) is 20.9. The van der Waals surface area contributed by atoms with Crippen LogP contribution in [0.3, 0.4) is 0 Å². The number of likely N-dealkylation sites (tertiary alicyclic amines) is 1. The molecule has 3 atom stereocenters. The van der Waals surface area contributed by atoms with Gasteiger partial charge in [-0.3, -0.25) is 14.4 Å². The van der Waals surface area contributed by atoms with Crippen molar-refractivity contribution in [2.75, 3.05) is 6.54 Å². The lowest BCUT2D eigenvalue weighted by Gasteiger charge is -2.31. The molecular weight excluding hydrogens is 358 g/mol. The van der Waals surface area contributed by atoms with Crippen LogP contribution in [-0.2, 0) is 14.4 Å². The Bertz CT molecular complexity index is 498. The molecule has 1 saturated heterocycles. The van der Waals surface area contributed by atoms with E-state index in [0.29, 0.717) is 19.4 Å². The van der Waals surface area contributed by atoms with E-state index in [-0.39, 0.29) is 24.8 Å². The van der Waals surface area contributed by atoms with Crippen LogP contribution in [0.25, 0.3) is 0 Å². The van der Waals surface area contributed by atoms with Crippen molar-refractivity contribution in [1.29, 1.82) is 0 Å². The molecule has 1 aliphatic heterocycles. The van der Waals surface area contributed by atoms with Crippen LogP contribution < -0.4 is 11.5 Å². The summed E-state index contributed by atoms with van der Waals surface area (Å²) in [6.45, 7) is 2.74. The van der Waals surface area contributed by atoms with E-state index in [4.69, 9.17) is 11.5 Å². The topological polar surface area (TPSA) is 127 Å². The number of hydrogen-bond acceptors (Lipinski definition) is 4. The number of hydrogen-bond donors (Lipinski definition) is 3. The van der Waals surface area contributed by atoms with E-state index in [1.807, 2.05) is 0 Å². The van der Waals surface area contributed by atoms with Crippen molar-refractivity contribution in [1.82, 2.24) is 4.90 Å². The molecule has 2 unspecified atom stereocenters.